The predicted octanol–water partition coefficient (Wildman–Crippen LogP) is 2.14. The van der Waals surface area contributed by atoms with Crippen LogP contribution in [0.5, 0.6) is 0 Å². The van der Waals surface area contributed by atoms with Gasteiger partial charge in [-0.05, 0) is 29.7 Å². The number of hydrogen-bond donors (Lipinski definition) is 2. The minimum Gasteiger partial charge on any atom is -0.478 e. The van der Waals surface area contributed by atoms with E-state index in [0.29, 0.717) is 10.6 Å². The summed E-state index contributed by atoms with van der Waals surface area (Å²) in [6.45, 7) is 0. The van der Waals surface area contributed by atoms with Crippen molar-refractivity contribution in [3.8, 4) is 0 Å². The van der Waals surface area contributed by atoms with Crippen molar-refractivity contribution in [3.05, 3.63) is 39.9 Å². The number of benzene rings is 1. The van der Waals surface area contributed by atoms with Crippen LogP contribution in [0, 0.1) is 0 Å². The molecule has 6 nitrogen and oxygen atoms in total. The molecule has 0 aliphatic heterocycles. The highest BCUT2D eigenvalue weighted by Crippen LogP contribution is 2.21. The second kappa shape index (κ2) is 5.11. The number of hydrogen-bond acceptors (Lipinski definition) is 5. The number of nitrogens with zero attached hydrogens (tertiary/aromatic N) is 2. The highest BCUT2D eigenvalue weighted by molar-refractivity contribution is 7.07. The fourth-order valence-electron chi connectivity index (χ4n) is 1.23. The van der Waals surface area contributed by atoms with E-state index in [1.807, 2.05) is 0 Å². The lowest BCUT2D eigenvalue weighted by molar-refractivity contribution is 0.0697. The van der Waals surface area contributed by atoms with Crippen LogP contribution in [-0.2, 0) is 0 Å². The molecule has 0 atom stereocenters. The van der Waals surface area contributed by atoms with Crippen LogP contribution in [0.15, 0.2) is 24.4 Å². The summed E-state index contributed by atoms with van der Waals surface area (Å²) in [7, 11) is 0. The molecule has 1 aromatic carbocycles. The first-order chi connectivity index (χ1) is 8.58. The van der Waals surface area contributed by atoms with E-state index in [9.17, 15) is 9.59 Å². The molecule has 1 heterocycles. The van der Waals surface area contributed by atoms with Crippen LogP contribution >= 0.6 is 23.1 Å². The van der Waals surface area contributed by atoms with Crippen molar-refractivity contribution in [2.24, 2.45) is 0 Å². The highest BCUT2D eigenvalue weighted by atomic mass is 35.5. The van der Waals surface area contributed by atoms with Gasteiger partial charge in [-0.15, -0.1) is 5.10 Å². The van der Waals surface area contributed by atoms with Gasteiger partial charge in [0.2, 0.25) is 0 Å². The van der Waals surface area contributed by atoms with Crippen molar-refractivity contribution >= 4 is 40.7 Å². The van der Waals surface area contributed by atoms with E-state index < -0.39 is 5.97 Å². The van der Waals surface area contributed by atoms with Crippen LogP contribution in [-0.4, -0.2) is 26.6 Å². The van der Waals surface area contributed by atoms with Crippen molar-refractivity contribution in [2.45, 2.75) is 0 Å². The molecule has 0 radical (unpaired) electrons. The molecule has 0 unspecified atom stereocenters. The largest absolute Gasteiger partial charge is 0.478 e. The molecule has 0 aliphatic carbocycles. The monoisotopic (exact) mass is 283 g/mol. The van der Waals surface area contributed by atoms with Gasteiger partial charge in [0.05, 0.1) is 16.8 Å². The minimum absolute atomic E-state index is 0.0193. The van der Waals surface area contributed by atoms with Crippen LogP contribution < -0.4 is 5.32 Å². The summed E-state index contributed by atoms with van der Waals surface area (Å²) in [5, 5.41) is 15.0. The molecular formula is C10H6ClN3O3S. The molecule has 2 aromatic rings. The summed E-state index contributed by atoms with van der Waals surface area (Å²) in [4.78, 5) is 22.8. The normalized spacial score (nSPS) is 10.1. The Bertz CT molecular complexity index is 600. The zero-order valence-corrected chi connectivity index (χ0v) is 10.3. The Morgan fingerprint density at radius 1 is 1.39 bits per heavy atom. The van der Waals surface area contributed by atoms with Crippen LogP contribution in [0.3, 0.4) is 0 Å². The zero-order valence-electron chi connectivity index (χ0n) is 8.75. The third kappa shape index (κ3) is 2.63. The van der Waals surface area contributed by atoms with Gasteiger partial charge in [0.25, 0.3) is 5.91 Å². The summed E-state index contributed by atoms with van der Waals surface area (Å²) in [5.41, 5.74) is 0.387. The third-order valence-corrected chi connectivity index (χ3v) is 3.02. The first-order valence-corrected chi connectivity index (χ1v) is 5.84. The lowest BCUT2D eigenvalue weighted by Crippen LogP contribution is -2.10. The zero-order chi connectivity index (χ0) is 13.1. The Morgan fingerprint density at radius 3 is 2.72 bits per heavy atom. The van der Waals surface area contributed by atoms with Crippen LogP contribution in [0.25, 0.3) is 0 Å². The van der Waals surface area contributed by atoms with E-state index in [0.717, 1.165) is 11.5 Å². The van der Waals surface area contributed by atoms with Crippen molar-refractivity contribution in [3.63, 3.8) is 0 Å². The van der Waals surface area contributed by atoms with Gasteiger partial charge in [0.15, 0.2) is 0 Å². The van der Waals surface area contributed by atoms with Gasteiger partial charge in [0, 0.05) is 5.69 Å². The number of carbonyl (C=O) groups excluding carboxylic acids is 1. The maximum atomic E-state index is 11.7. The van der Waals surface area contributed by atoms with Crippen molar-refractivity contribution in [1.82, 2.24) is 9.59 Å². The Balaban J connectivity index is 2.18. The summed E-state index contributed by atoms with van der Waals surface area (Å²) in [5.74, 6) is -1.49. The van der Waals surface area contributed by atoms with E-state index in [1.165, 1.54) is 24.4 Å². The molecule has 2 N–H and O–H groups in total. The summed E-state index contributed by atoms with van der Waals surface area (Å²) in [6, 6.07) is 4.16. The Hall–Kier alpha value is -1.99. The van der Waals surface area contributed by atoms with Crippen LogP contribution in [0.2, 0.25) is 5.02 Å². The van der Waals surface area contributed by atoms with Crippen LogP contribution in [0.4, 0.5) is 5.69 Å². The Kier molecular flexibility index (Phi) is 3.54. The molecule has 18 heavy (non-hydrogen) atoms. The molecule has 0 saturated carbocycles. The quantitative estimate of drug-likeness (QED) is 0.900. The first kappa shape index (κ1) is 12.5. The maximum absolute atomic E-state index is 11.7. The van der Waals surface area contributed by atoms with E-state index in [1.54, 1.807) is 0 Å². The SMILES string of the molecule is O=C(Nc1ccc(C(=O)O)c(Cl)c1)c1cnns1. The number of rotatable bonds is 3. The predicted molar refractivity (Wildman–Crippen MR) is 66.3 cm³/mol. The molecular weight excluding hydrogens is 278 g/mol. The van der Waals surface area contributed by atoms with Gasteiger partial charge in [-0.3, -0.25) is 4.79 Å². The van der Waals surface area contributed by atoms with E-state index >= 15 is 0 Å². The molecule has 1 aromatic heterocycles. The van der Waals surface area contributed by atoms with Gasteiger partial charge in [0.1, 0.15) is 4.88 Å². The lowest BCUT2D eigenvalue weighted by atomic mass is 10.2. The number of amides is 1. The standard InChI is InChI=1S/C10H6ClN3O3S/c11-7-3-5(1-2-6(7)10(16)17)13-9(15)8-4-12-14-18-8/h1-4H,(H,13,15)(H,16,17). The van der Waals surface area contributed by atoms with Crippen molar-refractivity contribution in [2.75, 3.05) is 5.32 Å². The second-order valence-corrected chi connectivity index (χ2v) is 4.43. The highest BCUT2D eigenvalue weighted by Gasteiger charge is 2.12. The smallest absolute Gasteiger partial charge is 0.337 e. The third-order valence-electron chi connectivity index (χ3n) is 2.04. The second-order valence-electron chi connectivity index (χ2n) is 3.24. The minimum atomic E-state index is -1.12. The fraction of sp³-hybridized carbons (Fsp3) is 0. The first-order valence-electron chi connectivity index (χ1n) is 4.69. The van der Waals surface area contributed by atoms with Crippen LogP contribution in [0.1, 0.15) is 20.0 Å². The average molecular weight is 284 g/mol. The Morgan fingerprint density at radius 2 is 2.17 bits per heavy atom. The summed E-state index contributed by atoms with van der Waals surface area (Å²) < 4.78 is 3.57. The van der Waals surface area contributed by atoms with E-state index in [4.69, 9.17) is 16.7 Å². The molecule has 1 amide bonds. The Labute approximate surface area is 110 Å². The van der Waals surface area contributed by atoms with Gasteiger partial charge < -0.3 is 10.4 Å². The number of anilines is 1. The molecule has 8 heteroatoms. The van der Waals surface area contributed by atoms with Crippen molar-refractivity contribution < 1.29 is 14.7 Å². The summed E-state index contributed by atoms with van der Waals surface area (Å²) >= 11 is 6.74. The number of carboxylic acids is 1. The molecule has 0 saturated heterocycles. The number of carboxylic acid groups (broad SMARTS) is 1. The summed E-state index contributed by atoms with van der Waals surface area (Å²) in [6.07, 6.45) is 1.34. The topological polar surface area (TPSA) is 92.2 Å². The number of nitrogens with one attached hydrogen (secondary N) is 1. The average Bonchev–Trinajstić information content (AvgIpc) is 2.81. The molecule has 0 bridgehead atoms. The molecule has 0 fully saturated rings. The lowest BCUT2D eigenvalue weighted by Gasteiger charge is -2.05. The fourth-order valence-corrected chi connectivity index (χ4v) is 1.90. The van der Waals surface area contributed by atoms with E-state index in [-0.39, 0.29) is 16.5 Å². The number of aromatic carboxylic acids is 1. The van der Waals surface area contributed by atoms with Crippen molar-refractivity contribution in [1.29, 1.82) is 0 Å². The number of halogens is 1. The maximum Gasteiger partial charge on any atom is 0.337 e. The van der Waals surface area contributed by atoms with Gasteiger partial charge in [-0.25, -0.2) is 4.79 Å². The molecule has 0 spiro atoms. The number of carbonyl (C=O) groups is 2. The van der Waals surface area contributed by atoms with E-state index in [2.05, 4.69) is 14.9 Å². The molecule has 2 rings (SSSR count). The molecule has 0 aliphatic rings. The number of aromatic nitrogens is 2. The van der Waals surface area contributed by atoms with Gasteiger partial charge >= 0.3 is 5.97 Å². The molecule has 92 valence electrons. The van der Waals surface area contributed by atoms with Gasteiger partial charge in [-0.1, -0.05) is 16.1 Å². The van der Waals surface area contributed by atoms with Gasteiger partial charge in [-0.2, -0.15) is 0 Å².